The van der Waals surface area contributed by atoms with Crippen molar-refractivity contribution in [2.45, 2.75) is 0 Å². The Balaban J connectivity index is 2.07. The summed E-state index contributed by atoms with van der Waals surface area (Å²) < 4.78 is 27.1. The summed E-state index contributed by atoms with van der Waals surface area (Å²) in [5, 5.41) is 10.4. The molecule has 0 saturated heterocycles. The summed E-state index contributed by atoms with van der Waals surface area (Å²) in [6.45, 7) is 0. The van der Waals surface area contributed by atoms with Crippen LogP contribution in [0.2, 0.25) is 5.02 Å². The van der Waals surface area contributed by atoms with Crippen LogP contribution in [0, 0.1) is 23.0 Å². The van der Waals surface area contributed by atoms with E-state index in [1.165, 1.54) is 23.5 Å². The first-order chi connectivity index (χ1) is 10.6. The van der Waals surface area contributed by atoms with Crippen molar-refractivity contribution in [2.24, 2.45) is 0 Å². The lowest BCUT2D eigenvalue weighted by atomic mass is 10.1. The Bertz CT molecular complexity index is 941. The fourth-order valence-electron chi connectivity index (χ4n) is 1.93. The zero-order chi connectivity index (χ0) is 15.7. The van der Waals surface area contributed by atoms with Crippen LogP contribution < -0.4 is 0 Å². The third-order valence-electron chi connectivity index (χ3n) is 2.96. The number of fused-ring (bicyclic) bond motifs is 1. The summed E-state index contributed by atoms with van der Waals surface area (Å²) in [5.41, 5.74) is 1.37. The van der Waals surface area contributed by atoms with Gasteiger partial charge in [-0.2, -0.15) is 5.26 Å². The van der Waals surface area contributed by atoms with Crippen molar-refractivity contribution >= 4 is 44.8 Å². The topological polar surface area (TPSA) is 36.7 Å². The molecular weight excluding hydrogens is 326 g/mol. The van der Waals surface area contributed by atoms with E-state index in [-0.39, 0.29) is 5.57 Å². The third-order valence-corrected chi connectivity index (χ3v) is 4.26. The van der Waals surface area contributed by atoms with Crippen LogP contribution in [-0.4, -0.2) is 4.98 Å². The second kappa shape index (κ2) is 5.84. The monoisotopic (exact) mass is 332 g/mol. The number of benzene rings is 2. The molecule has 2 aromatic carbocycles. The molecule has 0 saturated carbocycles. The highest BCUT2D eigenvalue weighted by atomic mass is 35.5. The van der Waals surface area contributed by atoms with Crippen molar-refractivity contribution in [1.82, 2.24) is 4.98 Å². The van der Waals surface area contributed by atoms with E-state index in [1.54, 1.807) is 12.1 Å². The van der Waals surface area contributed by atoms with Crippen LogP contribution in [0.25, 0.3) is 21.9 Å². The number of nitriles is 1. The van der Waals surface area contributed by atoms with Crippen LogP contribution in [0.3, 0.4) is 0 Å². The number of nitrogens with zero attached hydrogens (tertiary/aromatic N) is 2. The molecule has 0 bridgehead atoms. The number of halogens is 3. The maximum atomic E-state index is 13.2. The van der Waals surface area contributed by atoms with Crippen molar-refractivity contribution < 1.29 is 8.78 Å². The summed E-state index contributed by atoms with van der Waals surface area (Å²) in [4.78, 5) is 4.36. The van der Waals surface area contributed by atoms with Gasteiger partial charge in [0.1, 0.15) is 11.1 Å². The van der Waals surface area contributed by atoms with E-state index in [2.05, 4.69) is 4.98 Å². The molecule has 0 amide bonds. The van der Waals surface area contributed by atoms with E-state index in [0.29, 0.717) is 21.1 Å². The first kappa shape index (κ1) is 14.6. The molecule has 0 unspecified atom stereocenters. The maximum Gasteiger partial charge on any atom is 0.159 e. The molecule has 108 valence electrons. The molecule has 3 rings (SSSR count). The largest absolute Gasteiger partial charge is 0.235 e. The first-order valence-corrected chi connectivity index (χ1v) is 7.39. The van der Waals surface area contributed by atoms with E-state index in [0.717, 1.165) is 16.8 Å². The minimum absolute atomic E-state index is 0.281. The molecule has 0 aliphatic heterocycles. The van der Waals surface area contributed by atoms with Crippen LogP contribution in [0.4, 0.5) is 8.78 Å². The fourth-order valence-corrected chi connectivity index (χ4v) is 3.00. The molecule has 0 atom stereocenters. The standard InChI is InChI=1S/C16H7ClF2N2S/c17-11-2-4-15-14(7-11)21-16(22-15)10(8-20)5-9-1-3-12(18)13(19)6-9/h1-7H/b10-5+. The Kier molecular flexibility index (Phi) is 3.88. The Morgan fingerprint density at radius 3 is 2.73 bits per heavy atom. The highest BCUT2D eigenvalue weighted by Gasteiger charge is 2.10. The summed E-state index contributed by atoms with van der Waals surface area (Å²) in [5.74, 6) is -1.88. The number of aromatic nitrogens is 1. The van der Waals surface area contributed by atoms with E-state index < -0.39 is 11.6 Å². The Morgan fingerprint density at radius 1 is 1.18 bits per heavy atom. The fraction of sp³-hybridized carbons (Fsp3) is 0. The van der Waals surface area contributed by atoms with E-state index in [1.807, 2.05) is 12.1 Å². The summed E-state index contributed by atoms with van der Waals surface area (Å²) in [6, 6.07) is 10.8. The maximum absolute atomic E-state index is 13.2. The van der Waals surface area contributed by atoms with Gasteiger partial charge in [-0.15, -0.1) is 11.3 Å². The van der Waals surface area contributed by atoms with Crippen molar-refractivity contribution in [1.29, 1.82) is 5.26 Å². The molecule has 0 N–H and O–H groups in total. The average molecular weight is 333 g/mol. The Hall–Kier alpha value is -2.29. The number of rotatable bonds is 2. The lowest BCUT2D eigenvalue weighted by Gasteiger charge is -1.97. The SMILES string of the molecule is N#C/C(=C\c1ccc(F)c(F)c1)c1nc2cc(Cl)ccc2s1. The van der Waals surface area contributed by atoms with Gasteiger partial charge < -0.3 is 0 Å². The summed E-state index contributed by atoms with van der Waals surface area (Å²) in [7, 11) is 0. The molecule has 0 aliphatic carbocycles. The van der Waals surface area contributed by atoms with Crippen LogP contribution in [-0.2, 0) is 0 Å². The molecule has 6 heteroatoms. The zero-order valence-corrected chi connectivity index (χ0v) is 12.6. The smallest absolute Gasteiger partial charge is 0.159 e. The Labute approximate surface area is 133 Å². The van der Waals surface area contributed by atoms with Gasteiger partial charge in [-0.05, 0) is 42.0 Å². The van der Waals surface area contributed by atoms with Gasteiger partial charge in [0, 0.05) is 5.02 Å². The lowest BCUT2D eigenvalue weighted by molar-refractivity contribution is 0.508. The number of hydrogen-bond acceptors (Lipinski definition) is 3. The average Bonchev–Trinajstić information content (AvgIpc) is 2.91. The molecule has 1 heterocycles. The van der Waals surface area contributed by atoms with Gasteiger partial charge in [-0.3, -0.25) is 0 Å². The molecule has 3 aromatic rings. The first-order valence-electron chi connectivity index (χ1n) is 6.20. The number of allylic oxidation sites excluding steroid dienone is 1. The Morgan fingerprint density at radius 2 is 2.00 bits per heavy atom. The van der Waals surface area contributed by atoms with Crippen LogP contribution in [0.15, 0.2) is 36.4 Å². The molecular formula is C16H7ClF2N2S. The van der Waals surface area contributed by atoms with Gasteiger partial charge in [-0.25, -0.2) is 13.8 Å². The normalized spacial score (nSPS) is 11.6. The van der Waals surface area contributed by atoms with Gasteiger partial charge >= 0.3 is 0 Å². The lowest BCUT2D eigenvalue weighted by Crippen LogP contribution is -1.85. The number of thiazole rings is 1. The van der Waals surface area contributed by atoms with Crippen LogP contribution in [0.1, 0.15) is 10.6 Å². The summed E-state index contributed by atoms with van der Waals surface area (Å²) in [6.07, 6.45) is 1.47. The van der Waals surface area contributed by atoms with Crippen LogP contribution in [0.5, 0.6) is 0 Å². The quantitative estimate of drug-likeness (QED) is 0.598. The molecule has 0 fully saturated rings. The van der Waals surface area contributed by atoms with Gasteiger partial charge in [0.25, 0.3) is 0 Å². The molecule has 1 aromatic heterocycles. The number of hydrogen-bond donors (Lipinski definition) is 0. The molecule has 0 spiro atoms. The second-order valence-electron chi connectivity index (χ2n) is 4.47. The summed E-state index contributed by atoms with van der Waals surface area (Å²) >= 11 is 7.25. The van der Waals surface area contributed by atoms with Crippen molar-refractivity contribution in [3.63, 3.8) is 0 Å². The molecule has 0 radical (unpaired) electrons. The van der Waals surface area contributed by atoms with Gasteiger partial charge in [0.05, 0.1) is 15.8 Å². The van der Waals surface area contributed by atoms with Crippen molar-refractivity contribution in [3.05, 3.63) is 63.6 Å². The third kappa shape index (κ3) is 2.84. The van der Waals surface area contributed by atoms with E-state index in [4.69, 9.17) is 11.6 Å². The minimum Gasteiger partial charge on any atom is -0.235 e. The van der Waals surface area contributed by atoms with Crippen molar-refractivity contribution in [2.75, 3.05) is 0 Å². The zero-order valence-electron chi connectivity index (χ0n) is 11.0. The minimum atomic E-state index is -0.956. The van der Waals surface area contributed by atoms with E-state index >= 15 is 0 Å². The van der Waals surface area contributed by atoms with Crippen molar-refractivity contribution in [3.8, 4) is 6.07 Å². The second-order valence-corrected chi connectivity index (χ2v) is 5.94. The molecule has 2 nitrogen and oxygen atoms in total. The van der Waals surface area contributed by atoms with Crippen LogP contribution >= 0.6 is 22.9 Å². The van der Waals surface area contributed by atoms with Gasteiger partial charge in [-0.1, -0.05) is 17.7 Å². The van der Waals surface area contributed by atoms with E-state index in [9.17, 15) is 14.0 Å². The predicted octanol–water partition coefficient (Wildman–Crippen LogP) is 5.29. The van der Waals surface area contributed by atoms with Gasteiger partial charge in [0.15, 0.2) is 11.6 Å². The molecule has 0 aliphatic rings. The highest BCUT2D eigenvalue weighted by Crippen LogP contribution is 2.29. The highest BCUT2D eigenvalue weighted by molar-refractivity contribution is 7.19. The van der Waals surface area contributed by atoms with Gasteiger partial charge in [0.2, 0.25) is 0 Å². The predicted molar refractivity (Wildman–Crippen MR) is 84.5 cm³/mol. The molecule has 22 heavy (non-hydrogen) atoms.